The summed E-state index contributed by atoms with van der Waals surface area (Å²) in [5, 5.41) is 1.91. The van der Waals surface area contributed by atoms with Gasteiger partial charge in [-0.25, -0.2) is 4.79 Å². The molecule has 3 aromatic carbocycles. The van der Waals surface area contributed by atoms with Crippen molar-refractivity contribution in [2.45, 2.75) is 45.1 Å². The molecule has 0 aliphatic rings. The summed E-state index contributed by atoms with van der Waals surface area (Å²) in [6.07, 6.45) is 6.08. The molecule has 0 amide bonds. The summed E-state index contributed by atoms with van der Waals surface area (Å²) in [5.41, 5.74) is 0. The van der Waals surface area contributed by atoms with Crippen LogP contribution in [0, 0.1) is 0 Å². The van der Waals surface area contributed by atoms with Crippen molar-refractivity contribution < 1.29 is 23.7 Å². The van der Waals surface area contributed by atoms with Crippen LogP contribution in [0.3, 0.4) is 0 Å². The molecule has 0 N–H and O–H groups in total. The predicted octanol–water partition coefficient (Wildman–Crippen LogP) is 6.74. The molecule has 3 aromatic rings. The van der Waals surface area contributed by atoms with Gasteiger partial charge in [0.15, 0.2) is 0 Å². The Hall–Kier alpha value is -3.47. The predicted molar refractivity (Wildman–Crippen MR) is 136 cm³/mol. The number of fused-ring (bicyclic) bond motifs is 1. The third-order valence-corrected chi connectivity index (χ3v) is 5.45. The summed E-state index contributed by atoms with van der Waals surface area (Å²) in [6, 6.07) is 21.4. The zero-order valence-corrected chi connectivity index (χ0v) is 19.9. The fraction of sp³-hybridized carbons (Fsp3) is 0.345. The minimum absolute atomic E-state index is 0.292. The molecule has 3 rings (SSSR count). The smallest absolute Gasteiger partial charge is 0.330 e. The highest BCUT2D eigenvalue weighted by Crippen LogP contribution is 2.33. The van der Waals surface area contributed by atoms with Gasteiger partial charge in [-0.15, -0.1) is 0 Å². The molecule has 0 fully saturated rings. The van der Waals surface area contributed by atoms with Gasteiger partial charge in [0.2, 0.25) is 0 Å². The molecule has 5 heteroatoms. The Morgan fingerprint density at radius 3 is 2.15 bits per heavy atom. The summed E-state index contributed by atoms with van der Waals surface area (Å²) in [6.45, 7) is 6.84. The minimum atomic E-state index is -0.421. The Morgan fingerprint density at radius 1 is 0.824 bits per heavy atom. The van der Waals surface area contributed by atoms with Crippen LogP contribution >= 0.6 is 0 Å². The maximum atomic E-state index is 11.8. The number of hydrogen-bond acceptors (Lipinski definition) is 5. The fourth-order valence-corrected chi connectivity index (χ4v) is 3.69. The lowest BCUT2D eigenvalue weighted by Crippen LogP contribution is -2.24. The van der Waals surface area contributed by atoms with Crippen molar-refractivity contribution in [3.05, 3.63) is 79.4 Å². The second kappa shape index (κ2) is 13.9. The van der Waals surface area contributed by atoms with Crippen LogP contribution in [0.4, 0.5) is 0 Å². The highest BCUT2D eigenvalue weighted by molar-refractivity contribution is 5.93. The first kappa shape index (κ1) is 25.2. The van der Waals surface area contributed by atoms with E-state index in [4.69, 9.17) is 18.9 Å². The van der Waals surface area contributed by atoms with Gasteiger partial charge in [0.1, 0.15) is 43.2 Å². The Bertz CT molecular complexity index is 1030. The highest BCUT2D eigenvalue weighted by Gasteiger charge is 2.15. The number of para-hydroxylation sites is 1. The largest absolute Gasteiger partial charge is 0.490 e. The standard InChI is InChI=1S/C29H34O5/c1-3-5-6-8-15-24(34-29(30)4-2)22-33-28-19-18-27(25-16-11-12-17-26(25)28)32-21-20-31-23-13-9-7-10-14-23/h4,7,9-14,16-19,24H,2-3,5-6,8,15,20-22H2,1H3. The summed E-state index contributed by atoms with van der Waals surface area (Å²) in [7, 11) is 0. The van der Waals surface area contributed by atoms with Crippen LogP contribution in [-0.2, 0) is 9.53 Å². The molecule has 180 valence electrons. The fourth-order valence-electron chi connectivity index (χ4n) is 3.69. The molecule has 5 nitrogen and oxygen atoms in total. The number of rotatable bonds is 15. The molecule has 0 radical (unpaired) electrons. The van der Waals surface area contributed by atoms with Crippen molar-refractivity contribution in [1.82, 2.24) is 0 Å². The van der Waals surface area contributed by atoms with Gasteiger partial charge < -0.3 is 18.9 Å². The van der Waals surface area contributed by atoms with E-state index < -0.39 is 5.97 Å². The minimum Gasteiger partial charge on any atom is -0.490 e. The molecular formula is C29H34O5. The van der Waals surface area contributed by atoms with Crippen molar-refractivity contribution in [3.63, 3.8) is 0 Å². The molecular weight excluding hydrogens is 428 g/mol. The average molecular weight is 463 g/mol. The van der Waals surface area contributed by atoms with Crippen LogP contribution in [0.1, 0.15) is 39.0 Å². The number of ether oxygens (including phenoxy) is 4. The molecule has 0 aliphatic carbocycles. The van der Waals surface area contributed by atoms with Crippen LogP contribution in [0.15, 0.2) is 79.4 Å². The van der Waals surface area contributed by atoms with E-state index in [2.05, 4.69) is 13.5 Å². The van der Waals surface area contributed by atoms with Gasteiger partial charge in [-0.05, 0) is 37.1 Å². The number of carbonyl (C=O) groups excluding carboxylic acids is 1. The van der Waals surface area contributed by atoms with Crippen molar-refractivity contribution in [3.8, 4) is 17.2 Å². The first-order valence-corrected chi connectivity index (χ1v) is 12.0. The summed E-state index contributed by atoms with van der Waals surface area (Å²) in [4.78, 5) is 11.8. The molecule has 0 aliphatic heterocycles. The van der Waals surface area contributed by atoms with Crippen molar-refractivity contribution in [2.24, 2.45) is 0 Å². The molecule has 1 atom stereocenters. The molecule has 34 heavy (non-hydrogen) atoms. The van der Waals surface area contributed by atoms with E-state index in [0.717, 1.165) is 53.7 Å². The van der Waals surface area contributed by atoms with E-state index in [1.807, 2.05) is 66.7 Å². The molecule has 1 unspecified atom stereocenters. The zero-order valence-electron chi connectivity index (χ0n) is 19.9. The van der Waals surface area contributed by atoms with E-state index in [-0.39, 0.29) is 6.10 Å². The molecule has 0 aromatic heterocycles. The van der Waals surface area contributed by atoms with E-state index >= 15 is 0 Å². The highest BCUT2D eigenvalue weighted by atomic mass is 16.6. The summed E-state index contributed by atoms with van der Waals surface area (Å²) >= 11 is 0. The van der Waals surface area contributed by atoms with Gasteiger partial charge in [-0.3, -0.25) is 0 Å². The lowest BCUT2D eigenvalue weighted by Gasteiger charge is -2.19. The Morgan fingerprint density at radius 2 is 1.47 bits per heavy atom. The van der Waals surface area contributed by atoms with Gasteiger partial charge in [-0.2, -0.15) is 0 Å². The molecule has 0 saturated carbocycles. The van der Waals surface area contributed by atoms with E-state index in [0.29, 0.717) is 19.8 Å². The Balaban J connectivity index is 1.62. The first-order chi connectivity index (χ1) is 16.7. The van der Waals surface area contributed by atoms with Crippen LogP contribution < -0.4 is 14.2 Å². The first-order valence-electron chi connectivity index (χ1n) is 12.0. The third-order valence-electron chi connectivity index (χ3n) is 5.45. The van der Waals surface area contributed by atoms with Crippen molar-refractivity contribution >= 4 is 16.7 Å². The number of benzene rings is 3. The van der Waals surface area contributed by atoms with Crippen LogP contribution in [0.5, 0.6) is 17.2 Å². The Kier molecular flexibility index (Phi) is 10.3. The van der Waals surface area contributed by atoms with Gasteiger partial charge in [0, 0.05) is 16.8 Å². The second-order valence-corrected chi connectivity index (χ2v) is 8.04. The van der Waals surface area contributed by atoms with Crippen LogP contribution in [-0.4, -0.2) is 31.9 Å². The second-order valence-electron chi connectivity index (χ2n) is 8.04. The quantitative estimate of drug-likeness (QED) is 0.142. The SMILES string of the molecule is C=CC(=O)OC(CCCCCC)COc1ccc(OCCOc2ccccc2)c2ccccc12. The molecule has 0 spiro atoms. The number of unbranched alkanes of at least 4 members (excludes halogenated alkanes) is 3. The molecule has 0 heterocycles. The van der Waals surface area contributed by atoms with Crippen molar-refractivity contribution in [1.29, 1.82) is 0 Å². The Labute approximate surface area is 202 Å². The van der Waals surface area contributed by atoms with Crippen molar-refractivity contribution in [2.75, 3.05) is 19.8 Å². The van der Waals surface area contributed by atoms with E-state index in [1.165, 1.54) is 12.5 Å². The molecule has 0 saturated heterocycles. The van der Waals surface area contributed by atoms with Gasteiger partial charge >= 0.3 is 5.97 Å². The van der Waals surface area contributed by atoms with Crippen LogP contribution in [0.25, 0.3) is 10.8 Å². The molecule has 0 bridgehead atoms. The van der Waals surface area contributed by atoms with E-state index in [9.17, 15) is 4.79 Å². The number of esters is 1. The van der Waals surface area contributed by atoms with E-state index in [1.54, 1.807) is 0 Å². The van der Waals surface area contributed by atoms with Gasteiger partial charge in [-0.1, -0.05) is 75.2 Å². The third kappa shape index (κ3) is 7.84. The van der Waals surface area contributed by atoms with Gasteiger partial charge in [0.25, 0.3) is 0 Å². The lowest BCUT2D eigenvalue weighted by atomic mass is 10.1. The average Bonchev–Trinajstić information content (AvgIpc) is 2.88. The normalized spacial score (nSPS) is 11.6. The lowest BCUT2D eigenvalue weighted by molar-refractivity contribution is -0.144. The zero-order chi connectivity index (χ0) is 24.0. The van der Waals surface area contributed by atoms with Gasteiger partial charge in [0.05, 0.1) is 0 Å². The maximum absolute atomic E-state index is 11.8. The number of hydrogen-bond donors (Lipinski definition) is 0. The maximum Gasteiger partial charge on any atom is 0.330 e. The number of carbonyl (C=O) groups is 1. The van der Waals surface area contributed by atoms with Crippen LogP contribution in [0.2, 0.25) is 0 Å². The topological polar surface area (TPSA) is 54.0 Å². The summed E-state index contributed by atoms with van der Waals surface area (Å²) < 4.78 is 23.4. The monoisotopic (exact) mass is 462 g/mol. The summed E-state index contributed by atoms with van der Waals surface area (Å²) in [5.74, 6) is 1.90.